The van der Waals surface area contributed by atoms with E-state index in [2.05, 4.69) is 22.2 Å². The van der Waals surface area contributed by atoms with Crippen LogP contribution in [0.4, 0.5) is 5.82 Å². The molecule has 0 amide bonds. The molecule has 0 aliphatic heterocycles. The third-order valence-electron chi connectivity index (χ3n) is 3.17. The average Bonchev–Trinajstić information content (AvgIpc) is 2.94. The Morgan fingerprint density at radius 1 is 1.31 bits per heavy atom. The molecule has 1 N–H and O–H groups in total. The summed E-state index contributed by atoms with van der Waals surface area (Å²) in [7, 11) is 0. The molecule has 2 atom stereocenters. The normalized spacial score (nSPS) is 23.2. The first-order chi connectivity index (χ1) is 7.61. The topological polar surface area (TPSA) is 37.8 Å². The lowest BCUT2D eigenvalue weighted by molar-refractivity contribution is 0.692. The van der Waals surface area contributed by atoms with Gasteiger partial charge in [-0.2, -0.15) is 0 Å². The molecule has 1 aromatic heterocycles. The Morgan fingerprint density at radius 3 is 2.69 bits per heavy atom. The van der Waals surface area contributed by atoms with Crippen LogP contribution in [0, 0.1) is 19.8 Å². The predicted octanol–water partition coefficient (Wildman–Crippen LogP) is 3.35. The molecule has 1 aromatic rings. The van der Waals surface area contributed by atoms with E-state index in [-0.39, 0.29) is 0 Å². The maximum atomic E-state index is 6.06. The van der Waals surface area contributed by atoms with Crippen LogP contribution in [0.5, 0.6) is 0 Å². The quantitative estimate of drug-likeness (QED) is 0.876. The lowest BCUT2D eigenvalue weighted by atomic mass is 10.2. The minimum Gasteiger partial charge on any atom is -0.364 e. The number of hydrogen-bond acceptors (Lipinski definition) is 3. The minimum atomic E-state index is 0.491. The second kappa shape index (κ2) is 4.58. The highest BCUT2D eigenvalue weighted by molar-refractivity contribution is 6.31. The molecule has 88 valence electrons. The summed E-state index contributed by atoms with van der Waals surface area (Å²) in [6, 6.07) is 0.550. The van der Waals surface area contributed by atoms with Gasteiger partial charge in [0.15, 0.2) is 11.0 Å². The number of aromatic nitrogens is 2. The fourth-order valence-corrected chi connectivity index (χ4v) is 2.18. The van der Waals surface area contributed by atoms with Crippen LogP contribution in [0.2, 0.25) is 5.15 Å². The third kappa shape index (κ3) is 2.46. The van der Waals surface area contributed by atoms with Gasteiger partial charge in [-0.05, 0) is 32.6 Å². The molecule has 2 rings (SSSR count). The Bertz CT molecular complexity index is 392. The predicted molar refractivity (Wildman–Crippen MR) is 66.9 cm³/mol. The Hall–Kier alpha value is -0.830. The van der Waals surface area contributed by atoms with Crippen LogP contribution >= 0.6 is 11.6 Å². The highest BCUT2D eigenvalue weighted by Crippen LogP contribution is 2.37. The van der Waals surface area contributed by atoms with Crippen molar-refractivity contribution in [2.75, 3.05) is 5.32 Å². The SMILES string of the molecule is CCCC1CC1Nc1nc(C)c(C)nc1Cl. The van der Waals surface area contributed by atoms with Gasteiger partial charge in [0.2, 0.25) is 0 Å². The molecule has 1 aliphatic rings. The largest absolute Gasteiger partial charge is 0.364 e. The molecule has 3 nitrogen and oxygen atoms in total. The van der Waals surface area contributed by atoms with Crippen molar-refractivity contribution in [1.82, 2.24) is 9.97 Å². The summed E-state index contributed by atoms with van der Waals surface area (Å²) in [6.07, 6.45) is 3.77. The second-order valence-electron chi connectivity index (χ2n) is 4.57. The van der Waals surface area contributed by atoms with Crippen LogP contribution in [0.15, 0.2) is 0 Å². The molecule has 0 bridgehead atoms. The van der Waals surface area contributed by atoms with Gasteiger partial charge in [-0.1, -0.05) is 24.9 Å². The third-order valence-corrected chi connectivity index (χ3v) is 3.43. The van der Waals surface area contributed by atoms with E-state index in [0.717, 1.165) is 23.1 Å². The van der Waals surface area contributed by atoms with Crippen LogP contribution in [-0.4, -0.2) is 16.0 Å². The number of halogens is 1. The fourth-order valence-electron chi connectivity index (χ4n) is 1.96. The number of anilines is 1. The van der Waals surface area contributed by atoms with Crippen LogP contribution in [-0.2, 0) is 0 Å². The summed E-state index contributed by atoms with van der Waals surface area (Å²) < 4.78 is 0. The summed E-state index contributed by atoms with van der Waals surface area (Å²) in [5.41, 5.74) is 1.84. The van der Waals surface area contributed by atoms with Gasteiger partial charge in [0.05, 0.1) is 11.4 Å². The molecule has 0 radical (unpaired) electrons. The van der Waals surface area contributed by atoms with Gasteiger partial charge >= 0.3 is 0 Å². The number of aryl methyl sites for hydroxylation is 2. The number of nitrogens with zero attached hydrogens (tertiary/aromatic N) is 2. The first-order valence-corrected chi connectivity index (χ1v) is 6.27. The lowest BCUT2D eigenvalue weighted by Crippen LogP contribution is -2.09. The smallest absolute Gasteiger partial charge is 0.171 e. The van der Waals surface area contributed by atoms with E-state index in [9.17, 15) is 0 Å². The Labute approximate surface area is 102 Å². The molecule has 1 aliphatic carbocycles. The molecule has 1 fully saturated rings. The fraction of sp³-hybridized carbons (Fsp3) is 0.667. The van der Waals surface area contributed by atoms with Crippen molar-refractivity contribution in [3.63, 3.8) is 0 Å². The molecular weight excluding hydrogens is 222 g/mol. The molecule has 2 unspecified atom stereocenters. The zero-order chi connectivity index (χ0) is 11.7. The molecule has 0 aromatic carbocycles. The average molecular weight is 240 g/mol. The molecule has 1 saturated carbocycles. The monoisotopic (exact) mass is 239 g/mol. The summed E-state index contributed by atoms with van der Waals surface area (Å²) in [5.74, 6) is 1.54. The molecule has 1 heterocycles. The second-order valence-corrected chi connectivity index (χ2v) is 4.93. The summed E-state index contributed by atoms with van der Waals surface area (Å²) in [4.78, 5) is 8.71. The summed E-state index contributed by atoms with van der Waals surface area (Å²) >= 11 is 6.06. The van der Waals surface area contributed by atoms with Crippen molar-refractivity contribution in [1.29, 1.82) is 0 Å². The lowest BCUT2D eigenvalue weighted by Gasteiger charge is -2.08. The van der Waals surface area contributed by atoms with Crippen LogP contribution in [0.3, 0.4) is 0 Å². The Kier molecular flexibility index (Phi) is 3.33. The van der Waals surface area contributed by atoms with Crippen molar-refractivity contribution in [2.45, 2.75) is 46.1 Å². The Morgan fingerprint density at radius 2 is 2.00 bits per heavy atom. The zero-order valence-electron chi connectivity index (χ0n) is 10.0. The molecule has 16 heavy (non-hydrogen) atoms. The van der Waals surface area contributed by atoms with Crippen LogP contribution in [0.25, 0.3) is 0 Å². The minimum absolute atomic E-state index is 0.491. The van der Waals surface area contributed by atoms with Gasteiger partial charge < -0.3 is 5.32 Å². The first kappa shape index (κ1) is 11.6. The van der Waals surface area contributed by atoms with Crippen LogP contribution in [0.1, 0.15) is 37.6 Å². The van der Waals surface area contributed by atoms with Crippen molar-refractivity contribution < 1.29 is 0 Å². The van der Waals surface area contributed by atoms with Crippen molar-refractivity contribution in [2.24, 2.45) is 5.92 Å². The zero-order valence-corrected chi connectivity index (χ0v) is 10.8. The molecule has 0 spiro atoms. The highest BCUT2D eigenvalue weighted by Gasteiger charge is 2.36. The van der Waals surface area contributed by atoms with Gasteiger partial charge in [0, 0.05) is 6.04 Å². The van der Waals surface area contributed by atoms with E-state index in [1.165, 1.54) is 19.3 Å². The van der Waals surface area contributed by atoms with Gasteiger partial charge in [-0.15, -0.1) is 0 Å². The van der Waals surface area contributed by atoms with Gasteiger partial charge in [-0.25, -0.2) is 9.97 Å². The maximum Gasteiger partial charge on any atom is 0.171 e. The molecule has 0 saturated heterocycles. The van der Waals surface area contributed by atoms with Crippen molar-refractivity contribution >= 4 is 17.4 Å². The first-order valence-electron chi connectivity index (χ1n) is 5.89. The standard InChI is InChI=1S/C12H18ClN3/c1-4-5-9-6-10(9)16-12-11(13)14-7(2)8(3)15-12/h9-10H,4-6H2,1-3H3,(H,15,16). The van der Waals surface area contributed by atoms with Crippen molar-refractivity contribution in [3.8, 4) is 0 Å². The van der Waals surface area contributed by atoms with Crippen LogP contribution < -0.4 is 5.32 Å². The maximum absolute atomic E-state index is 6.06. The van der Waals surface area contributed by atoms with E-state index >= 15 is 0 Å². The number of rotatable bonds is 4. The highest BCUT2D eigenvalue weighted by atomic mass is 35.5. The Balaban J connectivity index is 2.03. The molecule has 4 heteroatoms. The van der Waals surface area contributed by atoms with Crippen molar-refractivity contribution in [3.05, 3.63) is 16.5 Å². The van der Waals surface area contributed by atoms with E-state index < -0.39 is 0 Å². The van der Waals surface area contributed by atoms with E-state index in [4.69, 9.17) is 11.6 Å². The van der Waals surface area contributed by atoms with Gasteiger partial charge in [0.25, 0.3) is 0 Å². The van der Waals surface area contributed by atoms with Gasteiger partial charge in [-0.3, -0.25) is 0 Å². The van der Waals surface area contributed by atoms with Gasteiger partial charge in [0.1, 0.15) is 0 Å². The van der Waals surface area contributed by atoms with E-state index in [1.54, 1.807) is 0 Å². The summed E-state index contributed by atoms with van der Waals surface area (Å²) in [6.45, 7) is 6.10. The molecular formula is C12H18ClN3. The summed E-state index contributed by atoms with van der Waals surface area (Å²) in [5, 5.41) is 3.87. The number of hydrogen-bond donors (Lipinski definition) is 1. The van der Waals surface area contributed by atoms with E-state index in [0.29, 0.717) is 11.2 Å². The van der Waals surface area contributed by atoms with E-state index in [1.807, 2.05) is 13.8 Å². The number of nitrogens with one attached hydrogen (secondary N) is 1.